The van der Waals surface area contributed by atoms with Crippen LogP contribution in [0.15, 0.2) is 84.9 Å². The molecule has 0 heterocycles. The third kappa shape index (κ3) is 12.6. The van der Waals surface area contributed by atoms with E-state index < -0.39 is 20.8 Å². The monoisotopic (exact) mass is 821 g/mol. The number of phenolic OH excluding ortho intramolecular Hbond substituents is 1. The van der Waals surface area contributed by atoms with E-state index in [4.69, 9.17) is 17.0 Å². The number of phenols is 1. The third-order valence-corrected chi connectivity index (χ3v) is 8.68. The van der Waals surface area contributed by atoms with E-state index in [2.05, 4.69) is 74.4 Å². The van der Waals surface area contributed by atoms with E-state index in [0.29, 0.717) is 11.1 Å². The molecule has 280 valence electrons. The fourth-order valence-corrected chi connectivity index (χ4v) is 5.22. The van der Waals surface area contributed by atoms with Gasteiger partial charge in [0.05, 0.1) is 5.56 Å². The molecule has 4 aromatic carbocycles. The van der Waals surface area contributed by atoms with Crippen molar-refractivity contribution in [2.24, 2.45) is 0 Å². The van der Waals surface area contributed by atoms with Crippen LogP contribution < -0.4 is 9.80 Å². The van der Waals surface area contributed by atoms with Crippen molar-refractivity contribution >= 4 is 40.2 Å². The molecule has 2 amide bonds. The van der Waals surface area contributed by atoms with Crippen LogP contribution in [0.25, 0.3) is 0 Å². The molecule has 0 bridgehead atoms. The Balaban J connectivity index is 0.000000335. The Hall–Kier alpha value is -2.92. The molecular weight excluding hydrogens is 767 g/mol. The van der Waals surface area contributed by atoms with Gasteiger partial charge in [-0.15, -0.1) is 29.3 Å². The third-order valence-electron chi connectivity index (χ3n) is 8.68. The van der Waals surface area contributed by atoms with Gasteiger partial charge in [-0.3, -0.25) is 4.79 Å². The Bertz CT molecular complexity index is 1750. The SMILES string of the molecule is CN(C(=O)c1[c-]c(C(C)(C)C)cc(C(C)(C)C)c1)c1ccccc1.CN(C(=O)c1cc(C(C)(C)C)cc(C(C)(C)C)c1O)c1ccccc1.[Cl][Zr][Cl]. The molecule has 0 atom stereocenters. The zero-order chi connectivity index (χ0) is 39.8. The van der Waals surface area contributed by atoms with Crippen LogP contribution in [0, 0.1) is 6.07 Å². The summed E-state index contributed by atoms with van der Waals surface area (Å²) in [5.41, 5.74) is 6.28. The number of carbonyl (C=O) groups excluding carboxylic acids is 2. The molecule has 0 radical (unpaired) electrons. The van der Waals surface area contributed by atoms with Crippen molar-refractivity contribution in [3.8, 4) is 5.75 Å². The Morgan fingerprint density at radius 3 is 1.38 bits per heavy atom. The summed E-state index contributed by atoms with van der Waals surface area (Å²) in [4.78, 5) is 29.4. The van der Waals surface area contributed by atoms with Crippen LogP contribution in [0.5, 0.6) is 5.75 Å². The summed E-state index contributed by atoms with van der Waals surface area (Å²) in [6, 6.07) is 30.5. The van der Waals surface area contributed by atoms with E-state index in [0.717, 1.165) is 33.6 Å². The van der Waals surface area contributed by atoms with E-state index in [1.807, 2.05) is 107 Å². The van der Waals surface area contributed by atoms with Crippen molar-refractivity contribution < 1.29 is 35.5 Å². The topological polar surface area (TPSA) is 60.9 Å². The number of hydrogen-bond donors (Lipinski definition) is 1. The van der Waals surface area contributed by atoms with Crippen molar-refractivity contribution in [2.45, 2.75) is 105 Å². The number of amides is 2. The summed E-state index contributed by atoms with van der Waals surface area (Å²) in [6.07, 6.45) is 0. The minimum absolute atomic E-state index is 0.0184. The van der Waals surface area contributed by atoms with Gasteiger partial charge in [0.1, 0.15) is 5.75 Å². The first-order valence-electron chi connectivity index (χ1n) is 17.4. The summed E-state index contributed by atoms with van der Waals surface area (Å²) in [5.74, 6) is -0.161. The maximum atomic E-state index is 13.1. The molecule has 0 aliphatic heterocycles. The Morgan fingerprint density at radius 2 is 1.00 bits per heavy atom. The van der Waals surface area contributed by atoms with Gasteiger partial charge in [0.15, 0.2) is 5.91 Å². The van der Waals surface area contributed by atoms with E-state index in [1.165, 1.54) is 0 Å². The van der Waals surface area contributed by atoms with Gasteiger partial charge in [-0.05, 0) is 57.6 Å². The molecule has 5 nitrogen and oxygen atoms in total. The van der Waals surface area contributed by atoms with Crippen LogP contribution in [0.3, 0.4) is 0 Å². The summed E-state index contributed by atoms with van der Waals surface area (Å²) < 4.78 is 0. The first-order chi connectivity index (χ1) is 23.8. The summed E-state index contributed by atoms with van der Waals surface area (Å²) >= 11 is -0.826. The van der Waals surface area contributed by atoms with Crippen molar-refractivity contribution in [1.29, 1.82) is 0 Å². The maximum absolute atomic E-state index is 13.1. The number of nitrogens with zero attached hydrogens (tertiary/aromatic N) is 2. The number of rotatable bonds is 4. The van der Waals surface area contributed by atoms with Crippen molar-refractivity contribution in [1.82, 2.24) is 0 Å². The number of halogens is 2. The molecule has 4 rings (SSSR count). The van der Waals surface area contributed by atoms with Gasteiger partial charge in [-0.1, -0.05) is 131 Å². The number of anilines is 2. The van der Waals surface area contributed by atoms with Gasteiger partial charge >= 0.3 is 37.9 Å². The van der Waals surface area contributed by atoms with Crippen molar-refractivity contribution in [3.05, 3.63) is 124 Å². The second-order valence-electron chi connectivity index (χ2n) is 17.1. The molecule has 52 heavy (non-hydrogen) atoms. The summed E-state index contributed by atoms with van der Waals surface area (Å²) in [5, 5.41) is 10.8. The quantitative estimate of drug-likeness (QED) is 0.209. The Kier molecular flexibility index (Phi) is 16.0. The standard InChI is InChI=1S/C22H29NO2.C22H28NO.2ClH.Zr/c1-21(2,3)15-13-17(19(24)18(14-15)22(4,5)6)20(25)23(7)16-11-9-8-10-12-16;1-21(2,3)17-13-16(14-18(15-17)22(4,5)6)20(24)23(7)19-11-9-8-10-12-19;;;/h8-14,24H,1-7H3;8-13,15H,1-7H3;2*1H;/q;-1;;;+2/p-2. The summed E-state index contributed by atoms with van der Waals surface area (Å²) in [7, 11) is 13.4. The van der Waals surface area contributed by atoms with Crippen LogP contribution in [-0.2, 0) is 42.5 Å². The fourth-order valence-electron chi connectivity index (χ4n) is 5.22. The molecule has 8 heteroatoms. The van der Waals surface area contributed by atoms with Gasteiger partial charge in [0.2, 0.25) is 0 Å². The molecule has 0 aliphatic carbocycles. The molecule has 1 N–H and O–H groups in total. The van der Waals surface area contributed by atoms with Crippen LogP contribution in [0.2, 0.25) is 0 Å². The molecule has 0 unspecified atom stereocenters. The van der Waals surface area contributed by atoms with Crippen LogP contribution >= 0.6 is 17.0 Å². The molecule has 0 aromatic heterocycles. The predicted octanol–water partition coefficient (Wildman–Crippen LogP) is 12.0. The van der Waals surface area contributed by atoms with Gasteiger partial charge in [-0.25, -0.2) is 0 Å². The predicted molar refractivity (Wildman–Crippen MR) is 218 cm³/mol. The van der Waals surface area contributed by atoms with E-state index >= 15 is 0 Å². The first kappa shape index (κ1) is 45.2. The van der Waals surface area contributed by atoms with Crippen molar-refractivity contribution in [3.63, 3.8) is 0 Å². The number of benzene rings is 4. The number of carbonyl (C=O) groups is 2. The first-order valence-corrected chi connectivity index (χ1v) is 23.8. The molecular formula is C44H57Cl2N2O3Zr-. The number of para-hydroxylation sites is 2. The normalized spacial score (nSPS) is 11.7. The van der Waals surface area contributed by atoms with Gasteiger partial charge in [0.25, 0.3) is 5.91 Å². The summed E-state index contributed by atoms with van der Waals surface area (Å²) in [6.45, 7) is 25.4. The van der Waals surface area contributed by atoms with Gasteiger partial charge < -0.3 is 19.7 Å². The van der Waals surface area contributed by atoms with Gasteiger partial charge in [-0.2, -0.15) is 0 Å². The average Bonchev–Trinajstić information content (AvgIpc) is 3.06. The molecule has 4 aromatic rings. The number of aromatic hydroxyl groups is 1. The van der Waals surface area contributed by atoms with E-state index in [-0.39, 0.29) is 39.2 Å². The number of hydrogen-bond acceptors (Lipinski definition) is 3. The fraction of sp³-hybridized carbons (Fsp3) is 0.409. The Labute approximate surface area is 332 Å². The Morgan fingerprint density at radius 1 is 0.596 bits per heavy atom. The van der Waals surface area contributed by atoms with Crippen LogP contribution in [0.1, 0.15) is 126 Å². The second-order valence-corrected chi connectivity index (χ2v) is 20.8. The second kappa shape index (κ2) is 18.4. The molecule has 0 aliphatic rings. The minimum atomic E-state index is -0.826. The zero-order valence-corrected chi connectivity index (χ0v) is 37.5. The average molecular weight is 824 g/mol. The zero-order valence-electron chi connectivity index (χ0n) is 33.5. The van der Waals surface area contributed by atoms with Crippen molar-refractivity contribution in [2.75, 3.05) is 23.9 Å². The van der Waals surface area contributed by atoms with E-state index in [1.54, 1.807) is 16.8 Å². The molecule has 0 saturated carbocycles. The molecule has 0 fully saturated rings. The molecule has 0 spiro atoms. The van der Waals surface area contributed by atoms with E-state index in [9.17, 15) is 14.7 Å². The molecule has 0 saturated heterocycles. The van der Waals surface area contributed by atoms with Gasteiger partial charge in [0, 0.05) is 31.0 Å². The van der Waals surface area contributed by atoms with Crippen LogP contribution in [-0.4, -0.2) is 31.0 Å². The van der Waals surface area contributed by atoms with Crippen LogP contribution in [0.4, 0.5) is 11.4 Å².